The summed E-state index contributed by atoms with van der Waals surface area (Å²) in [5.74, 6) is -0.197. The molecule has 0 aliphatic rings. The van der Waals surface area contributed by atoms with Crippen LogP contribution in [0.3, 0.4) is 0 Å². The van der Waals surface area contributed by atoms with E-state index in [-0.39, 0.29) is 19.1 Å². The summed E-state index contributed by atoms with van der Waals surface area (Å²) in [6, 6.07) is -0.903. The molecule has 0 fully saturated rings. The van der Waals surface area contributed by atoms with Crippen LogP contribution in [0.25, 0.3) is 0 Å². The molecule has 1 amide bonds. The van der Waals surface area contributed by atoms with Crippen LogP contribution in [0.4, 0.5) is 0 Å². The smallest absolute Gasteiger partial charge is 0.268 e. The van der Waals surface area contributed by atoms with Gasteiger partial charge < -0.3 is 28.8 Å². The minimum atomic E-state index is -4.61. The lowest BCUT2D eigenvalue weighted by Crippen LogP contribution is -2.45. The van der Waals surface area contributed by atoms with Gasteiger partial charge in [-0.05, 0) is 32.1 Å². The van der Waals surface area contributed by atoms with Crippen LogP contribution < -0.4 is 10.2 Å². The van der Waals surface area contributed by atoms with Crippen LogP contribution in [0.5, 0.6) is 0 Å². The second kappa shape index (κ2) is 71.3. The van der Waals surface area contributed by atoms with Crippen molar-refractivity contribution in [2.45, 2.75) is 443 Å². The van der Waals surface area contributed by atoms with E-state index < -0.39 is 20.0 Å². The number of aliphatic hydroxyl groups is 1. The van der Waals surface area contributed by atoms with Gasteiger partial charge in [0.15, 0.2) is 0 Å². The highest BCUT2D eigenvalue weighted by molar-refractivity contribution is 7.45. The molecule has 0 aliphatic heterocycles. The van der Waals surface area contributed by atoms with Crippen molar-refractivity contribution in [1.82, 2.24) is 5.32 Å². The van der Waals surface area contributed by atoms with Crippen molar-refractivity contribution >= 4 is 13.7 Å². The third-order valence-electron chi connectivity index (χ3n) is 18.9. The van der Waals surface area contributed by atoms with Gasteiger partial charge in [0.1, 0.15) is 13.2 Å². The summed E-state index contributed by atoms with van der Waals surface area (Å²) in [5.41, 5.74) is 0. The van der Waals surface area contributed by atoms with Gasteiger partial charge in [-0.2, -0.15) is 0 Å². The molecule has 0 aromatic rings. The number of hydrogen-bond acceptors (Lipinski definition) is 6. The van der Waals surface area contributed by atoms with Gasteiger partial charge in [-0.25, -0.2) is 0 Å². The monoisotopic (exact) mass is 1280 g/mol. The number of nitrogens with one attached hydrogen (secondary N) is 1. The number of nitrogens with zero attached hydrogens (tertiary/aromatic N) is 1. The first-order chi connectivity index (χ1) is 43.5. The largest absolute Gasteiger partial charge is 0.756 e. The molecule has 0 aliphatic carbocycles. The first-order valence-corrected chi connectivity index (χ1v) is 41.7. The number of amides is 1. The van der Waals surface area contributed by atoms with Crippen LogP contribution in [0, 0.1) is 0 Å². The number of carbonyl (C=O) groups is 1. The van der Waals surface area contributed by atoms with Gasteiger partial charge in [0.05, 0.1) is 39.9 Å². The van der Waals surface area contributed by atoms with E-state index in [1.807, 2.05) is 27.2 Å². The highest BCUT2D eigenvalue weighted by Gasteiger charge is 2.23. The molecule has 89 heavy (non-hydrogen) atoms. The number of hydrogen-bond donors (Lipinski definition) is 2. The molecule has 8 nitrogen and oxygen atoms in total. The van der Waals surface area contributed by atoms with Crippen LogP contribution in [-0.2, 0) is 18.4 Å². The van der Waals surface area contributed by atoms with Gasteiger partial charge in [-0.1, -0.05) is 417 Å². The van der Waals surface area contributed by atoms with Gasteiger partial charge in [-0.3, -0.25) is 9.36 Å². The van der Waals surface area contributed by atoms with E-state index in [4.69, 9.17) is 9.05 Å². The molecule has 0 spiro atoms. The number of unbranched alkanes of at least 4 members (excludes halogenated alkanes) is 61. The number of quaternary nitrogens is 1. The minimum absolute atomic E-state index is 0.00327. The summed E-state index contributed by atoms with van der Waals surface area (Å²) in [7, 11) is 1.27. The fraction of sp³-hybridized carbons (Fsp3) is 0.938. The molecule has 9 heteroatoms. The van der Waals surface area contributed by atoms with E-state index in [1.54, 1.807) is 6.08 Å². The molecule has 0 bridgehead atoms. The Kier molecular flexibility index (Phi) is 70.5. The predicted molar refractivity (Wildman–Crippen MR) is 390 cm³/mol. The number of phosphoric ester groups is 1. The van der Waals surface area contributed by atoms with E-state index >= 15 is 0 Å². The Morgan fingerprint density at radius 1 is 0.382 bits per heavy atom. The zero-order valence-electron chi connectivity index (χ0n) is 60.9. The molecule has 0 saturated carbocycles. The summed E-state index contributed by atoms with van der Waals surface area (Å²) < 4.78 is 23.5. The Morgan fingerprint density at radius 2 is 0.629 bits per heavy atom. The van der Waals surface area contributed by atoms with Crippen molar-refractivity contribution in [1.29, 1.82) is 0 Å². The molecule has 0 aromatic carbocycles. The predicted octanol–water partition coefficient (Wildman–Crippen LogP) is 25.5. The Balaban J connectivity index is 3.93. The second-order valence-electron chi connectivity index (χ2n) is 29.1. The zero-order chi connectivity index (χ0) is 64.8. The molecule has 0 heterocycles. The van der Waals surface area contributed by atoms with Crippen molar-refractivity contribution in [3.63, 3.8) is 0 Å². The topological polar surface area (TPSA) is 108 Å². The quantitative estimate of drug-likeness (QED) is 0.0272. The van der Waals surface area contributed by atoms with Crippen molar-refractivity contribution in [3.05, 3.63) is 24.3 Å². The lowest BCUT2D eigenvalue weighted by Gasteiger charge is -2.29. The Morgan fingerprint density at radius 3 is 0.910 bits per heavy atom. The SMILES string of the molecule is CCCCCCCCCCCCCCCCCCCCCCCC/C=C/CC/C=C/C(O)C(COP(=O)([O-])OCC[N+](C)(C)C)NC(=O)CCCCCCCCCCCCCCCCCCCCCCCCCCCCCCCCCCCCCCCCC. The number of rotatable bonds is 76. The highest BCUT2D eigenvalue weighted by Crippen LogP contribution is 2.38. The number of allylic oxidation sites excluding steroid dienone is 3. The summed E-state index contributed by atoms with van der Waals surface area (Å²) in [5, 5.41) is 14.0. The van der Waals surface area contributed by atoms with Crippen LogP contribution in [0.2, 0.25) is 0 Å². The highest BCUT2D eigenvalue weighted by atomic mass is 31.2. The third-order valence-corrected chi connectivity index (χ3v) is 19.9. The summed E-state index contributed by atoms with van der Waals surface area (Å²) in [6.45, 7) is 4.71. The number of carbonyl (C=O) groups excluding carboxylic acids is 1. The van der Waals surface area contributed by atoms with Gasteiger partial charge in [0, 0.05) is 6.42 Å². The molecular weight excluding hydrogens is 1120 g/mol. The minimum Gasteiger partial charge on any atom is -0.756 e. The van der Waals surface area contributed by atoms with Crippen molar-refractivity contribution in [3.8, 4) is 0 Å². The van der Waals surface area contributed by atoms with Crippen molar-refractivity contribution < 1.29 is 32.9 Å². The van der Waals surface area contributed by atoms with Crippen LogP contribution in [0.15, 0.2) is 24.3 Å². The van der Waals surface area contributed by atoms with Gasteiger partial charge >= 0.3 is 0 Å². The fourth-order valence-electron chi connectivity index (χ4n) is 12.7. The maximum absolute atomic E-state index is 13.1. The van der Waals surface area contributed by atoms with Gasteiger partial charge in [-0.15, -0.1) is 0 Å². The first-order valence-electron chi connectivity index (χ1n) is 40.2. The normalized spacial score (nSPS) is 13.6. The summed E-state index contributed by atoms with van der Waals surface area (Å²) >= 11 is 0. The van der Waals surface area contributed by atoms with Crippen LogP contribution in [-0.4, -0.2) is 68.5 Å². The Hall–Kier alpha value is -1.02. The molecule has 530 valence electrons. The average molecular weight is 1280 g/mol. The molecular formula is C80H159N2O6P. The Labute approximate surface area is 557 Å². The van der Waals surface area contributed by atoms with E-state index in [0.717, 1.165) is 38.5 Å². The first kappa shape index (κ1) is 88.0. The molecule has 0 aromatic heterocycles. The number of aliphatic hydroxyl groups excluding tert-OH is 1. The molecule has 0 radical (unpaired) electrons. The van der Waals surface area contributed by atoms with Crippen LogP contribution in [0.1, 0.15) is 431 Å². The molecule has 2 N–H and O–H groups in total. The summed E-state index contributed by atoms with van der Waals surface area (Å²) in [6.07, 6.45) is 95.1. The molecule has 3 unspecified atom stereocenters. The molecule has 0 saturated heterocycles. The maximum Gasteiger partial charge on any atom is 0.268 e. The van der Waals surface area contributed by atoms with Crippen molar-refractivity contribution in [2.75, 3.05) is 40.9 Å². The number of likely N-dealkylation sites (N-methyl/N-ethyl adjacent to an activating group) is 1. The van der Waals surface area contributed by atoms with Gasteiger partial charge in [0.2, 0.25) is 5.91 Å². The second-order valence-corrected chi connectivity index (χ2v) is 30.5. The van der Waals surface area contributed by atoms with Gasteiger partial charge in [0.25, 0.3) is 7.82 Å². The van der Waals surface area contributed by atoms with Crippen LogP contribution >= 0.6 is 7.82 Å². The molecule has 3 atom stereocenters. The Bertz CT molecular complexity index is 1500. The van der Waals surface area contributed by atoms with Crippen molar-refractivity contribution in [2.24, 2.45) is 0 Å². The lowest BCUT2D eigenvalue weighted by molar-refractivity contribution is -0.870. The average Bonchev–Trinajstić information content (AvgIpc) is 3.62. The van der Waals surface area contributed by atoms with E-state index in [0.29, 0.717) is 17.4 Å². The summed E-state index contributed by atoms with van der Waals surface area (Å²) in [4.78, 5) is 25.7. The lowest BCUT2D eigenvalue weighted by atomic mass is 10.0. The standard InChI is InChI=1S/C80H159N2O6P/c1-6-8-10-12-14-16-18-20-22-24-26-28-30-32-34-36-37-38-39-40-41-42-43-44-45-46-48-50-52-54-56-58-60-62-64-66-68-70-72-74-80(84)81-78(77-88-89(85,86)87-76-75-82(3,4)5)79(83)73-71-69-67-65-63-61-59-57-55-53-51-49-47-35-33-31-29-27-25-23-21-19-17-15-13-11-9-7-2/h63,65,71,73,78-79,83H,6-62,64,66-70,72,74-77H2,1-5H3,(H-,81,84,85,86)/b65-63+,73-71+. The fourth-order valence-corrected chi connectivity index (χ4v) is 13.4. The van der Waals surface area contributed by atoms with E-state index in [1.165, 1.54) is 372 Å². The van der Waals surface area contributed by atoms with E-state index in [2.05, 4.69) is 31.3 Å². The molecule has 0 rings (SSSR count). The zero-order valence-corrected chi connectivity index (χ0v) is 61.8. The number of phosphoric acid groups is 1. The maximum atomic E-state index is 13.1. The van der Waals surface area contributed by atoms with E-state index in [9.17, 15) is 19.4 Å². The third kappa shape index (κ3) is 74.2.